The number of nitrogens with two attached hydrogens (primary N) is 1. The molecule has 0 saturated heterocycles. The number of carbonyl (C=O) groups is 3. The lowest BCUT2D eigenvalue weighted by atomic mass is 9.83. The Balaban J connectivity index is 3.54. The van der Waals surface area contributed by atoms with Crippen molar-refractivity contribution in [1.29, 1.82) is 0 Å². The molecule has 2 unspecified atom stereocenters. The van der Waals surface area contributed by atoms with Gasteiger partial charge in [-0.2, -0.15) is 0 Å². The molecule has 1 amide bonds. The van der Waals surface area contributed by atoms with Crippen molar-refractivity contribution in [2.24, 2.45) is 11.7 Å². The first-order valence-corrected chi connectivity index (χ1v) is 10.6. The summed E-state index contributed by atoms with van der Waals surface area (Å²) in [4.78, 5) is 56.6. The first kappa shape index (κ1) is 26.8. The lowest BCUT2D eigenvalue weighted by molar-refractivity contribution is -0.209. The summed E-state index contributed by atoms with van der Waals surface area (Å²) < 4.78 is 10.7. The minimum absolute atomic E-state index is 0.163. The van der Waals surface area contributed by atoms with Crippen molar-refractivity contribution < 1.29 is 33.5 Å². The maximum atomic E-state index is 13.6. The van der Waals surface area contributed by atoms with Crippen LogP contribution in [-0.4, -0.2) is 58.2 Å². The summed E-state index contributed by atoms with van der Waals surface area (Å²) in [7, 11) is 0. The van der Waals surface area contributed by atoms with Crippen molar-refractivity contribution >= 4 is 23.8 Å². The maximum absolute atomic E-state index is 13.6. The van der Waals surface area contributed by atoms with Crippen LogP contribution in [0.15, 0.2) is 6.08 Å². The number of rotatable bonds is 8. The molecule has 0 aromatic heterocycles. The standard InChI is InChI=1S/C22H36N2O7/c1-8-29-24(15-11-9-10-12-15)17(26)16(18(27)30-20(2,3)4)22(23,13-14-25)19(28)31-21(5,6)7/h13,15-16H,8-12,23H2,1-7H3. The van der Waals surface area contributed by atoms with E-state index in [0.29, 0.717) is 18.9 Å². The largest absolute Gasteiger partial charge is 0.459 e. The SMILES string of the molecule is CCON(C(=O)C(C(=O)OC(C)(C)C)C(N)(C=C=O)C(=O)OC(C)(C)C)C1CCCC1. The van der Waals surface area contributed by atoms with Crippen LogP contribution < -0.4 is 5.73 Å². The summed E-state index contributed by atoms with van der Waals surface area (Å²) in [5.41, 5.74) is 1.88. The fourth-order valence-corrected chi connectivity index (χ4v) is 3.34. The Morgan fingerprint density at radius 2 is 1.58 bits per heavy atom. The molecule has 176 valence electrons. The molecular weight excluding hydrogens is 404 g/mol. The van der Waals surface area contributed by atoms with Crippen LogP contribution >= 0.6 is 0 Å². The average Bonchev–Trinajstić information content (AvgIpc) is 3.10. The van der Waals surface area contributed by atoms with E-state index in [1.54, 1.807) is 48.5 Å². The molecule has 2 atom stereocenters. The number of amides is 1. The van der Waals surface area contributed by atoms with Crippen LogP contribution in [0.25, 0.3) is 0 Å². The first-order valence-electron chi connectivity index (χ1n) is 10.6. The number of hydrogen-bond donors (Lipinski definition) is 1. The molecule has 0 aromatic rings. The highest BCUT2D eigenvalue weighted by Gasteiger charge is 2.55. The van der Waals surface area contributed by atoms with Crippen LogP contribution in [0.5, 0.6) is 0 Å². The zero-order valence-electron chi connectivity index (χ0n) is 19.6. The van der Waals surface area contributed by atoms with Crippen LogP contribution in [0.1, 0.15) is 74.1 Å². The van der Waals surface area contributed by atoms with E-state index in [4.69, 9.17) is 20.0 Å². The third kappa shape index (κ3) is 7.45. The van der Waals surface area contributed by atoms with Crippen molar-refractivity contribution in [2.45, 2.75) is 96.9 Å². The van der Waals surface area contributed by atoms with Crippen LogP contribution in [0.3, 0.4) is 0 Å². The number of hydroxylamine groups is 2. The lowest BCUT2D eigenvalue weighted by Gasteiger charge is -2.37. The van der Waals surface area contributed by atoms with Gasteiger partial charge < -0.3 is 15.2 Å². The number of carbonyl (C=O) groups excluding carboxylic acids is 4. The summed E-state index contributed by atoms with van der Waals surface area (Å²) in [6.07, 6.45) is 3.80. The molecule has 1 rings (SSSR count). The summed E-state index contributed by atoms with van der Waals surface area (Å²) in [5, 5.41) is 1.10. The van der Waals surface area contributed by atoms with E-state index in [1.807, 2.05) is 0 Å². The Kier molecular flexibility index (Phi) is 8.99. The van der Waals surface area contributed by atoms with Gasteiger partial charge in [0.25, 0.3) is 5.91 Å². The van der Waals surface area contributed by atoms with Gasteiger partial charge in [-0.25, -0.2) is 14.7 Å². The predicted molar refractivity (Wildman–Crippen MR) is 113 cm³/mol. The van der Waals surface area contributed by atoms with Gasteiger partial charge in [0.15, 0.2) is 11.5 Å². The summed E-state index contributed by atoms with van der Waals surface area (Å²) in [5.74, 6) is -3.47. The third-order valence-electron chi connectivity index (χ3n) is 4.56. The highest BCUT2D eigenvalue weighted by atomic mass is 16.7. The van der Waals surface area contributed by atoms with Gasteiger partial charge in [0.2, 0.25) is 0 Å². The van der Waals surface area contributed by atoms with Crippen LogP contribution in [-0.2, 0) is 33.5 Å². The van der Waals surface area contributed by atoms with Gasteiger partial charge in [-0.15, -0.1) is 0 Å². The van der Waals surface area contributed by atoms with Crippen molar-refractivity contribution in [1.82, 2.24) is 5.06 Å². The molecule has 0 bridgehead atoms. The third-order valence-corrected chi connectivity index (χ3v) is 4.56. The van der Waals surface area contributed by atoms with Gasteiger partial charge in [0.1, 0.15) is 17.1 Å². The number of hydrogen-bond acceptors (Lipinski definition) is 8. The molecule has 1 aliphatic carbocycles. The van der Waals surface area contributed by atoms with Crippen molar-refractivity contribution in [2.75, 3.05) is 6.61 Å². The van der Waals surface area contributed by atoms with E-state index in [9.17, 15) is 19.2 Å². The second-order valence-electron chi connectivity index (χ2n) is 9.68. The summed E-state index contributed by atoms with van der Waals surface area (Å²) in [6, 6.07) is -0.277. The van der Waals surface area contributed by atoms with Crippen molar-refractivity contribution in [3.8, 4) is 0 Å². The molecular formula is C22H36N2O7. The Morgan fingerprint density at radius 3 is 2.00 bits per heavy atom. The topological polar surface area (TPSA) is 125 Å². The van der Waals surface area contributed by atoms with E-state index in [-0.39, 0.29) is 12.6 Å². The molecule has 0 spiro atoms. The monoisotopic (exact) mass is 440 g/mol. The zero-order chi connectivity index (χ0) is 24.0. The molecule has 1 saturated carbocycles. The van der Waals surface area contributed by atoms with E-state index < -0.39 is 40.5 Å². The Bertz CT molecular complexity index is 710. The number of ether oxygens (including phenoxy) is 2. The molecule has 9 heteroatoms. The second kappa shape index (κ2) is 10.4. The average molecular weight is 441 g/mol. The minimum Gasteiger partial charge on any atom is -0.459 e. The van der Waals surface area contributed by atoms with Crippen molar-refractivity contribution in [3.63, 3.8) is 0 Å². The van der Waals surface area contributed by atoms with Gasteiger partial charge in [0, 0.05) is 6.08 Å². The van der Waals surface area contributed by atoms with Crippen molar-refractivity contribution in [3.05, 3.63) is 6.08 Å². The van der Waals surface area contributed by atoms with E-state index >= 15 is 0 Å². The maximum Gasteiger partial charge on any atom is 0.332 e. The highest BCUT2D eigenvalue weighted by molar-refractivity contribution is 6.06. The van der Waals surface area contributed by atoms with Gasteiger partial charge in [-0.1, -0.05) is 12.8 Å². The van der Waals surface area contributed by atoms with Gasteiger partial charge >= 0.3 is 11.9 Å². The molecule has 0 aliphatic heterocycles. The lowest BCUT2D eigenvalue weighted by Crippen LogP contribution is -2.63. The summed E-state index contributed by atoms with van der Waals surface area (Å²) >= 11 is 0. The normalized spacial score (nSPS) is 17.8. The smallest absolute Gasteiger partial charge is 0.332 e. The molecule has 9 nitrogen and oxygen atoms in total. The molecule has 2 N–H and O–H groups in total. The predicted octanol–water partition coefficient (Wildman–Crippen LogP) is 2.09. The number of esters is 2. The first-order chi connectivity index (χ1) is 14.2. The Hall–Kier alpha value is -2.22. The quantitative estimate of drug-likeness (QED) is 0.263. The molecule has 1 fully saturated rings. The Labute approximate surface area is 184 Å². The van der Waals surface area contributed by atoms with E-state index in [0.717, 1.165) is 17.9 Å². The van der Waals surface area contributed by atoms with Crippen LogP contribution in [0.2, 0.25) is 0 Å². The fourth-order valence-electron chi connectivity index (χ4n) is 3.34. The minimum atomic E-state index is -2.43. The van der Waals surface area contributed by atoms with Gasteiger partial charge in [-0.3, -0.25) is 14.4 Å². The molecule has 1 aliphatic rings. The summed E-state index contributed by atoms with van der Waals surface area (Å²) in [6.45, 7) is 11.5. The fraction of sp³-hybridized carbons (Fsp3) is 0.773. The molecule has 31 heavy (non-hydrogen) atoms. The second-order valence-corrected chi connectivity index (χ2v) is 9.68. The molecule has 0 heterocycles. The molecule has 0 aromatic carbocycles. The zero-order valence-corrected chi connectivity index (χ0v) is 19.6. The molecule has 0 radical (unpaired) electrons. The number of nitrogens with zero attached hydrogens (tertiary/aromatic N) is 1. The highest BCUT2D eigenvalue weighted by Crippen LogP contribution is 2.31. The van der Waals surface area contributed by atoms with Crippen LogP contribution in [0.4, 0.5) is 0 Å². The van der Waals surface area contributed by atoms with Gasteiger partial charge in [0.05, 0.1) is 12.6 Å². The van der Waals surface area contributed by atoms with Crippen LogP contribution in [0, 0.1) is 5.92 Å². The van der Waals surface area contributed by atoms with E-state index in [1.165, 1.54) is 5.94 Å². The van der Waals surface area contributed by atoms with E-state index in [2.05, 4.69) is 0 Å². The Morgan fingerprint density at radius 1 is 1.06 bits per heavy atom. The van der Waals surface area contributed by atoms with Gasteiger partial charge in [-0.05, 0) is 61.3 Å².